The SMILES string of the molecule is CCCCCCCCCCCCC[N+](C)(C)CCCO.[Cl-]. The highest BCUT2D eigenvalue weighted by Gasteiger charge is 2.12. The summed E-state index contributed by atoms with van der Waals surface area (Å²) in [5, 5.41) is 8.88. The van der Waals surface area contributed by atoms with Gasteiger partial charge in [-0.1, -0.05) is 64.7 Å². The molecule has 0 aliphatic heterocycles. The lowest BCUT2D eigenvalue weighted by Crippen LogP contribution is -3.00. The minimum atomic E-state index is 0. The van der Waals surface area contributed by atoms with Crippen LogP contribution in [0, 0.1) is 0 Å². The molecule has 2 nitrogen and oxygen atoms in total. The van der Waals surface area contributed by atoms with Gasteiger partial charge in [-0.05, 0) is 12.8 Å². The van der Waals surface area contributed by atoms with E-state index in [1.165, 1.54) is 77.2 Å². The van der Waals surface area contributed by atoms with Gasteiger partial charge in [0, 0.05) is 13.0 Å². The van der Waals surface area contributed by atoms with E-state index in [0.29, 0.717) is 6.61 Å². The second-order valence-electron chi connectivity index (χ2n) is 7.00. The lowest BCUT2D eigenvalue weighted by molar-refractivity contribution is -0.890. The molecule has 0 amide bonds. The highest BCUT2D eigenvalue weighted by atomic mass is 35.5. The van der Waals surface area contributed by atoms with E-state index in [1.807, 2.05) is 0 Å². The van der Waals surface area contributed by atoms with Crippen molar-refractivity contribution in [2.45, 2.75) is 84.0 Å². The molecule has 0 unspecified atom stereocenters. The molecule has 0 atom stereocenters. The minimum absolute atomic E-state index is 0. The number of halogens is 1. The molecule has 0 aromatic carbocycles. The smallest absolute Gasteiger partial charge is 0.0804 e. The van der Waals surface area contributed by atoms with Crippen molar-refractivity contribution in [3.8, 4) is 0 Å². The van der Waals surface area contributed by atoms with E-state index >= 15 is 0 Å². The molecule has 0 rings (SSSR count). The van der Waals surface area contributed by atoms with Gasteiger partial charge >= 0.3 is 0 Å². The van der Waals surface area contributed by atoms with Gasteiger partial charge in [-0.25, -0.2) is 0 Å². The van der Waals surface area contributed by atoms with Crippen molar-refractivity contribution < 1.29 is 22.0 Å². The third kappa shape index (κ3) is 18.2. The van der Waals surface area contributed by atoms with Crippen LogP contribution in [0.25, 0.3) is 0 Å². The molecule has 3 heteroatoms. The van der Waals surface area contributed by atoms with E-state index in [4.69, 9.17) is 5.11 Å². The van der Waals surface area contributed by atoms with Crippen LogP contribution in [0.1, 0.15) is 84.0 Å². The highest BCUT2D eigenvalue weighted by molar-refractivity contribution is 4.48. The first-order chi connectivity index (χ1) is 9.62. The van der Waals surface area contributed by atoms with E-state index in [1.54, 1.807) is 0 Å². The Morgan fingerprint density at radius 1 is 0.619 bits per heavy atom. The zero-order chi connectivity index (χ0) is 15.1. The molecular formula is C18H40ClNO. The molecule has 0 aromatic heterocycles. The van der Waals surface area contributed by atoms with Gasteiger partial charge in [-0.2, -0.15) is 0 Å². The lowest BCUT2D eigenvalue weighted by atomic mass is 10.1. The maximum absolute atomic E-state index is 8.88. The fourth-order valence-corrected chi connectivity index (χ4v) is 2.81. The van der Waals surface area contributed by atoms with Gasteiger partial charge in [-0.3, -0.25) is 0 Å². The fraction of sp³-hybridized carbons (Fsp3) is 1.00. The van der Waals surface area contributed by atoms with Gasteiger partial charge in [0.2, 0.25) is 0 Å². The molecule has 0 heterocycles. The molecule has 0 spiro atoms. The van der Waals surface area contributed by atoms with Crippen molar-refractivity contribution >= 4 is 0 Å². The van der Waals surface area contributed by atoms with Gasteiger partial charge in [0.05, 0.1) is 27.2 Å². The van der Waals surface area contributed by atoms with E-state index in [2.05, 4.69) is 21.0 Å². The summed E-state index contributed by atoms with van der Waals surface area (Å²) in [4.78, 5) is 0. The molecule has 0 aliphatic carbocycles. The molecule has 0 saturated carbocycles. The summed E-state index contributed by atoms with van der Waals surface area (Å²) >= 11 is 0. The van der Waals surface area contributed by atoms with Crippen LogP contribution in [0.5, 0.6) is 0 Å². The summed E-state index contributed by atoms with van der Waals surface area (Å²) in [5.41, 5.74) is 0. The van der Waals surface area contributed by atoms with E-state index in [0.717, 1.165) is 17.4 Å². The van der Waals surface area contributed by atoms with E-state index in [9.17, 15) is 0 Å². The Balaban J connectivity index is 0. The number of quaternary nitrogens is 1. The largest absolute Gasteiger partial charge is 1.00 e. The Hall–Kier alpha value is 0.210. The standard InChI is InChI=1S/C18H40NO.ClH/c1-4-5-6-7-8-9-10-11-12-13-14-16-19(2,3)17-15-18-20;/h20H,4-18H2,1-3H3;1H/q+1;/p-1. The second-order valence-corrected chi connectivity index (χ2v) is 7.00. The first-order valence-electron chi connectivity index (χ1n) is 9.05. The third-order valence-corrected chi connectivity index (χ3v) is 4.29. The summed E-state index contributed by atoms with van der Waals surface area (Å²) in [5.74, 6) is 0. The molecule has 0 fully saturated rings. The van der Waals surface area contributed by atoms with Crippen molar-refractivity contribution in [3.05, 3.63) is 0 Å². The number of rotatable bonds is 15. The van der Waals surface area contributed by atoms with Crippen molar-refractivity contribution in [1.29, 1.82) is 0 Å². The van der Waals surface area contributed by atoms with Gasteiger partial charge in [0.15, 0.2) is 0 Å². The summed E-state index contributed by atoms with van der Waals surface area (Å²) in [6.07, 6.45) is 16.5. The van der Waals surface area contributed by atoms with Gasteiger partial charge in [-0.15, -0.1) is 0 Å². The maximum Gasteiger partial charge on any atom is 0.0804 e. The van der Waals surface area contributed by atoms with Crippen LogP contribution in [0.15, 0.2) is 0 Å². The molecule has 0 bridgehead atoms. The van der Waals surface area contributed by atoms with Crippen LogP contribution >= 0.6 is 0 Å². The fourth-order valence-electron chi connectivity index (χ4n) is 2.81. The summed E-state index contributed by atoms with van der Waals surface area (Å²) in [6.45, 7) is 4.98. The van der Waals surface area contributed by atoms with Crippen LogP contribution < -0.4 is 12.4 Å². The molecule has 0 saturated heterocycles. The highest BCUT2D eigenvalue weighted by Crippen LogP contribution is 2.12. The van der Waals surface area contributed by atoms with Crippen LogP contribution in [0.2, 0.25) is 0 Å². The van der Waals surface area contributed by atoms with E-state index < -0.39 is 0 Å². The monoisotopic (exact) mass is 321 g/mol. The summed E-state index contributed by atoms with van der Waals surface area (Å²) < 4.78 is 1.07. The molecule has 1 N–H and O–H groups in total. The first-order valence-corrected chi connectivity index (χ1v) is 9.05. The van der Waals surface area contributed by atoms with Crippen molar-refractivity contribution in [3.63, 3.8) is 0 Å². The predicted octanol–water partition coefficient (Wildman–Crippen LogP) is 1.76. The van der Waals surface area contributed by atoms with Crippen LogP contribution in [0.3, 0.4) is 0 Å². The number of nitrogens with zero attached hydrogens (tertiary/aromatic N) is 1. The number of unbranched alkanes of at least 4 members (excludes halogenated alkanes) is 10. The van der Waals surface area contributed by atoms with Crippen molar-refractivity contribution in [2.24, 2.45) is 0 Å². The topological polar surface area (TPSA) is 20.2 Å². The predicted molar refractivity (Wildman–Crippen MR) is 90.0 cm³/mol. The number of aliphatic hydroxyl groups excluding tert-OH is 1. The van der Waals surface area contributed by atoms with Crippen molar-refractivity contribution in [2.75, 3.05) is 33.8 Å². The normalized spacial score (nSPS) is 11.4. The zero-order valence-electron chi connectivity index (χ0n) is 14.9. The molecule has 0 aliphatic rings. The average Bonchev–Trinajstić information content (AvgIpc) is 2.42. The number of hydrogen-bond donors (Lipinski definition) is 1. The lowest BCUT2D eigenvalue weighted by Gasteiger charge is -2.29. The Kier molecular flexibility index (Phi) is 18.5. The quantitative estimate of drug-likeness (QED) is 0.360. The second kappa shape index (κ2) is 16.6. The summed E-state index contributed by atoms with van der Waals surface area (Å²) in [6, 6.07) is 0. The van der Waals surface area contributed by atoms with Crippen LogP contribution in [-0.4, -0.2) is 43.4 Å². The molecule has 130 valence electrons. The Morgan fingerprint density at radius 2 is 1.00 bits per heavy atom. The summed E-state index contributed by atoms with van der Waals surface area (Å²) in [7, 11) is 4.57. The van der Waals surface area contributed by atoms with E-state index in [-0.39, 0.29) is 12.4 Å². The van der Waals surface area contributed by atoms with Crippen molar-refractivity contribution in [1.82, 2.24) is 0 Å². The maximum atomic E-state index is 8.88. The van der Waals surface area contributed by atoms with Gasteiger partial charge in [0.1, 0.15) is 0 Å². The first kappa shape index (κ1) is 23.5. The van der Waals surface area contributed by atoms with Gasteiger partial charge < -0.3 is 22.0 Å². The molecule has 21 heavy (non-hydrogen) atoms. The van der Waals surface area contributed by atoms with Crippen LogP contribution in [0.4, 0.5) is 0 Å². The molecular weight excluding hydrogens is 282 g/mol. The van der Waals surface area contributed by atoms with Crippen LogP contribution in [-0.2, 0) is 0 Å². The Labute approximate surface area is 140 Å². The van der Waals surface area contributed by atoms with Gasteiger partial charge in [0.25, 0.3) is 0 Å². The minimum Gasteiger partial charge on any atom is -1.00 e. The zero-order valence-corrected chi connectivity index (χ0v) is 15.6. The third-order valence-electron chi connectivity index (χ3n) is 4.29. The molecule has 0 aromatic rings. The number of aliphatic hydroxyl groups is 1. The number of hydrogen-bond acceptors (Lipinski definition) is 1. The Bertz CT molecular complexity index is 198. The average molecular weight is 322 g/mol. The molecule has 0 radical (unpaired) electrons. The Morgan fingerprint density at radius 3 is 1.43 bits per heavy atom.